The van der Waals surface area contributed by atoms with Gasteiger partial charge in [-0.15, -0.1) is 11.3 Å². The molecular formula is C12H14N2OS2. The molecule has 0 spiro atoms. The first kappa shape index (κ1) is 11.2. The van der Waals surface area contributed by atoms with Crippen molar-refractivity contribution in [3.8, 4) is 0 Å². The summed E-state index contributed by atoms with van der Waals surface area (Å²) in [5, 5.41) is 3.12. The van der Waals surface area contributed by atoms with Crippen molar-refractivity contribution >= 4 is 22.7 Å². The van der Waals surface area contributed by atoms with Gasteiger partial charge in [-0.25, -0.2) is 4.98 Å². The number of rotatable bonds is 2. The molecule has 0 aromatic carbocycles. The smallest absolute Gasteiger partial charge is 0.297 e. The molecule has 0 saturated carbocycles. The summed E-state index contributed by atoms with van der Waals surface area (Å²) in [6.07, 6.45) is 4.57. The number of aryl methyl sites for hydroxylation is 2. The Morgan fingerprint density at radius 3 is 3.00 bits per heavy atom. The van der Waals surface area contributed by atoms with Crippen LogP contribution < -0.4 is 4.87 Å². The third-order valence-electron chi connectivity index (χ3n) is 3.13. The zero-order chi connectivity index (χ0) is 11.8. The molecule has 2 aromatic rings. The van der Waals surface area contributed by atoms with E-state index >= 15 is 0 Å². The Hall–Kier alpha value is -0.940. The SMILES string of the molecule is Cc1nc(Cn2c3c(sc2=O)CCCC3)cs1. The normalized spacial score (nSPS) is 14.9. The highest BCUT2D eigenvalue weighted by Gasteiger charge is 2.18. The molecule has 0 bridgehead atoms. The van der Waals surface area contributed by atoms with Crippen molar-refractivity contribution in [3.05, 3.63) is 36.3 Å². The van der Waals surface area contributed by atoms with E-state index in [9.17, 15) is 4.79 Å². The number of nitrogens with zero attached hydrogens (tertiary/aromatic N) is 2. The minimum absolute atomic E-state index is 0.183. The van der Waals surface area contributed by atoms with Gasteiger partial charge in [0.2, 0.25) is 0 Å². The van der Waals surface area contributed by atoms with E-state index in [4.69, 9.17) is 0 Å². The molecule has 5 heteroatoms. The Balaban J connectivity index is 1.97. The molecule has 0 N–H and O–H groups in total. The number of fused-ring (bicyclic) bond motifs is 1. The predicted octanol–water partition coefficient (Wildman–Crippen LogP) is 2.60. The third kappa shape index (κ3) is 2.09. The van der Waals surface area contributed by atoms with Gasteiger partial charge in [-0.1, -0.05) is 11.3 Å². The molecule has 90 valence electrons. The Labute approximate surface area is 108 Å². The van der Waals surface area contributed by atoms with E-state index in [-0.39, 0.29) is 4.87 Å². The van der Waals surface area contributed by atoms with Crippen molar-refractivity contribution < 1.29 is 0 Å². The van der Waals surface area contributed by atoms with Gasteiger partial charge < -0.3 is 0 Å². The van der Waals surface area contributed by atoms with Crippen molar-refractivity contribution in [1.82, 2.24) is 9.55 Å². The molecule has 0 saturated heterocycles. The first-order valence-electron chi connectivity index (χ1n) is 5.86. The van der Waals surface area contributed by atoms with Crippen LogP contribution in [-0.4, -0.2) is 9.55 Å². The van der Waals surface area contributed by atoms with E-state index in [2.05, 4.69) is 10.4 Å². The van der Waals surface area contributed by atoms with Crippen LogP contribution in [0.5, 0.6) is 0 Å². The van der Waals surface area contributed by atoms with Crippen LogP contribution in [0.1, 0.15) is 34.1 Å². The highest BCUT2D eigenvalue weighted by Crippen LogP contribution is 2.24. The van der Waals surface area contributed by atoms with Crippen LogP contribution in [0.2, 0.25) is 0 Å². The number of hydrogen-bond donors (Lipinski definition) is 0. The summed E-state index contributed by atoms with van der Waals surface area (Å²) in [7, 11) is 0. The van der Waals surface area contributed by atoms with Crippen molar-refractivity contribution in [2.75, 3.05) is 0 Å². The maximum atomic E-state index is 12.0. The molecule has 0 amide bonds. The topological polar surface area (TPSA) is 34.9 Å². The summed E-state index contributed by atoms with van der Waals surface area (Å²) in [4.78, 5) is 17.9. The molecule has 17 heavy (non-hydrogen) atoms. The minimum atomic E-state index is 0.183. The molecule has 3 nitrogen and oxygen atoms in total. The van der Waals surface area contributed by atoms with E-state index in [1.165, 1.54) is 34.7 Å². The molecule has 1 aliphatic rings. The standard InChI is InChI=1S/C12H14N2OS2/c1-8-13-9(7-16-8)6-14-10-4-2-3-5-11(10)17-12(14)15/h7H,2-6H2,1H3. The highest BCUT2D eigenvalue weighted by molar-refractivity contribution is 7.09. The zero-order valence-corrected chi connectivity index (χ0v) is 11.4. The zero-order valence-electron chi connectivity index (χ0n) is 9.73. The molecule has 1 aliphatic carbocycles. The van der Waals surface area contributed by atoms with Crippen LogP contribution in [0, 0.1) is 6.92 Å². The van der Waals surface area contributed by atoms with Crippen molar-refractivity contribution in [1.29, 1.82) is 0 Å². The molecule has 0 radical (unpaired) electrons. The fourth-order valence-corrected chi connectivity index (χ4v) is 4.01. The number of aromatic nitrogens is 2. The van der Waals surface area contributed by atoms with Gasteiger partial charge in [0, 0.05) is 16.0 Å². The van der Waals surface area contributed by atoms with E-state index in [1.807, 2.05) is 11.5 Å². The van der Waals surface area contributed by atoms with Crippen LogP contribution in [0.4, 0.5) is 0 Å². The average Bonchev–Trinajstić information content (AvgIpc) is 2.85. The van der Waals surface area contributed by atoms with Crippen molar-refractivity contribution in [2.45, 2.75) is 39.2 Å². The maximum Gasteiger partial charge on any atom is 0.307 e. The predicted molar refractivity (Wildman–Crippen MR) is 71.2 cm³/mol. The molecule has 0 unspecified atom stereocenters. The van der Waals surface area contributed by atoms with E-state index in [1.54, 1.807) is 11.3 Å². The minimum Gasteiger partial charge on any atom is -0.297 e. The summed E-state index contributed by atoms with van der Waals surface area (Å²) in [6, 6.07) is 0. The lowest BCUT2D eigenvalue weighted by Gasteiger charge is -2.13. The lowest BCUT2D eigenvalue weighted by Crippen LogP contribution is -2.18. The van der Waals surface area contributed by atoms with Gasteiger partial charge in [0.15, 0.2) is 0 Å². The Bertz CT molecular complexity index is 594. The first-order valence-corrected chi connectivity index (χ1v) is 7.56. The van der Waals surface area contributed by atoms with Crippen LogP contribution >= 0.6 is 22.7 Å². The largest absolute Gasteiger partial charge is 0.307 e. The first-order chi connectivity index (χ1) is 8.24. The lowest BCUT2D eigenvalue weighted by atomic mass is 10.0. The fraction of sp³-hybridized carbons (Fsp3) is 0.500. The number of thiazole rings is 2. The van der Waals surface area contributed by atoms with Crippen LogP contribution in [0.3, 0.4) is 0 Å². The number of hydrogen-bond acceptors (Lipinski definition) is 4. The lowest BCUT2D eigenvalue weighted by molar-refractivity contribution is 0.621. The molecule has 2 aromatic heterocycles. The van der Waals surface area contributed by atoms with Crippen LogP contribution in [0.15, 0.2) is 10.2 Å². The maximum absolute atomic E-state index is 12.0. The van der Waals surface area contributed by atoms with E-state index in [0.717, 1.165) is 23.5 Å². The monoisotopic (exact) mass is 266 g/mol. The molecule has 2 heterocycles. The summed E-state index contributed by atoms with van der Waals surface area (Å²) in [5.74, 6) is 0. The van der Waals surface area contributed by atoms with Gasteiger partial charge in [-0.05, 0) is 32.6 Å². The van der Waals surface area contributed by atoms with Gasteiger partial charge in [0.05, 0.1) is 17.2 Å². The molecular weight excluding hydrogens is 252 g/mol. The van der Waals surface area contributed by atoms with Crippen LogP contribution in [0.25, 0.3) is 0 Å². The van der Waals surface area contributed by atoms with Gasteiger partial charge in [0.1, 0.15) is 0 Å². The third-order valence-corrected chi connectivity index (χ3v) is 5.04. The van der Waals surface area contributed by atoms with Gasteiger partial charge in [-0.3, -0.25) is 9.36 Å². The summed E-state index contributed by atoms with van der Waals surface area (Å²) >= 11 is 3.07. The molecule has 0 aliphatic heterocycles. The Morgan fingerprint density at radius 1 is 1.41 bits per heavy atom. The quantitative estimate of drug-likeness (QED) is 0.837. The highest BCUT2D eigenvalue weighted by atomic mass is 32.1. The van der Waals surface area contributed by atoms with E-state index < -0.39 is 0 Å². The molecule has 3 rings (SSSR count). The fourth-order valence-electron chi connectivity index (χ4n) is 2.33. The second kappa shape index (κ2) is 4.38. The second-order valence-electron chi connectivity index (χ2n) is 4.39. The Morgan fingerprint density at radius 2 is 2.24 bits per heavy atom. The average molecular weight is 266 g/mol. The summed E-state index contributed by atoms with van der Waals surface area (Å²) < 4.78 is 1.92. The second-order valence-corrected chi connectivity index (χ2v) is 6.50. The van der Waals surface area contributed by atoms with Gasteiger partial charge >= 0.3 is 4.87 Å². The summed E-state index contributed by atoms with van der Waals surface area (Å²) in [6.45, 7) is 2.65. The van der Waals surface area contributed by atoms with Crippen LogP contribution in [-0.2, 0) is 19.4 Å². The molecule has 0 fully saturated rings. The van der Waals surface area contributed by atoms with Crippen molar-refractivity contribution in [2.24, 2.45) is 0 Å². The van der Waals surface area contributed by atoms with Gasteiger partial charge in [-0.2, -0.15) is 0 Å². The van der Waals surface area contributed by atoms with E-state index in [0.29, 0.717) is 6.54 Å². The van der Waals surface area contributed by atoms with Gasteiger partial charge in [0.25, 0.3) is 0 Å². The summed E-state index contributed by atoms with van der Waals surface area (Å²) in [5.41, 5.74) is 2.28. The molecule has 0 atom stereocenters. The van der Waals surface area contributed by atoms with Crippen molar-refractivity contribution in [3.63, 3.8) is 0 Å². The Kier molecular flexibility index (Phi) is 2.88.